The van der Waals surface area contributed by atoms with Crippen LogP contribution in [0.15, 0.2) is 60.8 Å². The molecule has 0 aliphatic carbocycles. The number of nitrogens with one attached hydrogen (secondary N) is 3. The number of aromatic nitrogens is 2. The fourth-order valence-corrected chi connectivity index (χ4v) is 6.36. The Balaban J connectivity index is 1.38. The van der Waals surface area contributed by atoms with Crippen molar-refractivity contribution >= 4 is 34.8 Å². The summed E-state index contributed by atoms with van der Waals surface area (Å²) in [7, 11) is 1.55. The molecule has 5 rings (SSSR count). The molecule has 4 aromatic rings. The molecule has 3 N–H and O–H groups in total. The molecule has 0 radical (unpaired) electrons. The molecule has 0 unspecified atom stereocenters. The van der Waals surface area contributed by atoms with E-state index in [-0.39, 0.29) is 29.3 Å². The van der Waals surface area contributed by atoms with Gasteiger partial charge in [0.2, 0.25) is 17.7 Å². The Kier molecular flexibility index (Phi) is 12.7. The van der Waals surface area contributed by atoms with Crippen LogP contribution >= 0.6 is 0 Å². The summed E-state index contributed by atoms with van der Waals surface area (Å²) in [6.45, 7) is 18.5. The van der Waals surface area contributed by atoms with Gasteiger partial charge >= 0.3 is 0 Å². The van der Waals surface area contributed by atoms with Crippen LogP contribution < -0.4 is 30.3 Å². The average Bonchev–Trinajstić information content (AvgIpc) is 3.13. The lowest BCUT2D eigenvalue weighted by molar-refractivity contribution is -0.121. The van der Waals surface area contributed by atoms with Crippen LogP contribution in [0.2, 0.25) is 0 Å². The fourth-order valence-electron chi connectivity index (χ4n) is 6.36. The second kappa shape index (κ2) is 17.4. The minimum absolute atomic E-state index is 0.00322. The number of anilines is 4. The van der Waals surface area contributed by atoms with Crippen LogP contribution in [0.4, 0.5) is 23.0 Å². The van der Waals surface area contributed by atoms with Crippen LogP contribution in [0.25, 0.3) is 0 Å². The van der Waals surface area contributed by atoms with Gasteiger partial charge < -0.3 is 30.3 Å². The predicted octanol–water partition coefficient (Wildman–Crippen LogP) is 7.58. The molecule has 1 fully saturated rings. The lowest BCUT2D eigenvalue weighted by Gasteiger charge is -2.38. The van der Waals surface area contributed by atoms with Crippen molar-refractivity contribution in [3.05, 3.63) is 88.6 Å². The van der Waals surface area contributed by atoms with E-state index in [0.29, 0.717) is 30.4 Å². The fraction of sp³-hybridized carbons (Fsp3) is 0.415. The molecule has 1 saturated heterocycles. The Morgan fingerprint density at radius 3 is 2.23 bits per heavy atom. The third kappa shape index (κ3) is 9.79. The summed E-state index contributed by atoms with van der Waals surface area (Å²) in [5.41, 5.74) is 6.80. The number of rotatable bonds is 14. The van der Waals surface area contributed by atoms with E-state index in [4.69, 9.17) is 9.47 Å². The van der Waals surface area contributed by atoms with Crippen molar-refractivity contribution < 1.29 is 19.1 Å². The van der Waals surface area contributed by atoms with Crippen LogP contribution in [-0.4, -0.2) is 72.1 Å². The first kappa shape index (κ1) is 38.1. The predicted molar refractivity (Wildman–Crippen MR) is 209 cm³/mol. The Morgan fingerprint density at radius 1 is 0.904 bits per heavy atom. The van der Waals surface area contributed by atoms with Gasteiger partial charge in [-0.3, -0.25) is 14.5 Å². The molecule has 1 aromatic heterocycles. The SMILES string of the molecule is CC[C@@H](C)NC(=O)CCc1ccc(Oc2nc(Nc3ccc(N4CCN(C(C)C)CC4)cc3)ncc2C(=O)Nc2c(C)cc(C)cc2C)c(OC)c1. The molecule has 0 spiro atoms. The maximum Gasteiger partial charge on any atom is 0.262 e. The van der Waals surface area contributed by atoms with Gasteiger partial charge in [0, 0.05) is 67.9 Å². The zero-order chi connectivity index (χ0) is 37.4. The Morgan fingerprint density at radius 2 is 1.60 bits per heavy atom. The quantitative estimate of drug-likeness (QED) is 0.122. The molecular formula is C41H53N7O4. The second-order valence-corrected chi connectivity index (χ2v) is 13.9. The molecule has 1 aliphatic rings. The molecule has 0 saturated carbocycles. The van der Waals surface area contributed by atoms with Crippen LogP contribution in [0, 0.1) is 20.8 Å². The largest absolute Gasteiger partial charge is 0.493 e. The lowest BCUT2D eigenvalue weighted by Crippen LogP contribution is -2.48. The summed E-state index contributed by atoms with van der Waals surface area (Å²) >= 11 is 0. The van der Waals surface area contributed by atoms with Crippen LogP contribution in [0.1, 0.15) is 73.1 Å². The van der Waals surface area contributed by atoms with Crippen molar-refractivity contribution in [1.82, 2.24) is 20.2 Å². The number of benzene rings is 3. The van der Waals surface area contributed by atoms with E-state index in [1.165, 1.54) is 11.9 Å². The normalized spacial score (nSPS) is 13.8. The number of carbonyl (C=O) groups is 2. The van der Waals surface area contributed by atoms with E-state index < -0.39 is 5.91 Å². The second-order valence-electron chi connectivity index (χ2n) is 13.9. The minimum Gasteiger partial charge on any atom is -0.493 e. The van der Waals surface area contributed by atoms with E-state index in [0.717, 1.165) is 66.2 Å². The zero-order valence-corrected chi connectivity index (χ0v) is 31.8. The zero-order valence-electron chi connectivity index (χ0n) is 31.8. The van der Waals surface area contributed by atoms with Gasteiger partial charge in [0.1, 0.15) is 5.56 Å². The number of methoxy groups -OCH3 is 1. The maximum atomic E-state index is 13.8. The molecule has 1 aliphatic heterocycles. The van der Waals surface area contributed by atoms with E-state index in [1.54, 1.807) is 13.2 Å². The molecule has 11 nitrogen and oxygen atoms in total. The molecule has 1 atom stereocenters. The van der Waals surface area contributed by atoms with E-state index in [9.17, 15) is 9.59 Å². The highest BCUT2D eigenvalue weighted by Crippen LogP contribution is 2.35. The Bertz CT molecular complexity index is 1830. The highest BCUT2D eigenvalue weighted by Gasteiger charge is 2.22. The number of aryl methyl sites for hydroxylation is 4. The van der Waals surface area contributed by atoms with Gasteiger partial charge in [-0.15, -0.1) is 0 Å². The van der Waals surface area contributed by atoms with Crippen LogP contribution in [-0.2, 0) is 11.2 Å². The van der Waals surface area contributed by atoms with Crippen LogP contribution in [0.3, 0.4) is 0 Å². The van der Waals surface area contributed by atoms with Crippen molar-refractivity contribution in [3.8, 4) is 17.4 Å². The lowest BCUT2D eigenvalue weighted by atomic mass is 10.0. The summed E-state index contributed by atoms with van der Waals surface area (Å²) in [6, 6.07) is 18.4. The number of amides is 2. The number of piperazine rings is 1. The molecule has 3 aromatic carbocycles. The number of hydrogen-bond acceptors (Lipinski definition) is 9. The minimum atomic E-state index is -0.401. The molecule has 2 heterocycles. The van der Waals surface area contributed by atoms with Gasteiger partial charge in [-0.25, -0.2) is 4.98 Å². The van der Waals surface area contributed by atoms with Crippen molar-refractivity contribution in [2.24, 2.45) is 0 Å². The third-order valence-electron chi connectivity index (χ3n) is 9.54. The summed E-state index contributed by atoms with van der Waals surface area (Å²) in [5, 5.41) is 9.33. The van der Waals surface area contributed by atoms with Crippen molar-refractivity contribution in [1.29, 1.82) is 0 Å². The van der Waals surface area contributed by atoms with E-state index in [1.807, 2.05) is 71.0 Å². The highest BCUT2D eigenvalue weighted by atomic mass is 16.5. The molecular weight excluding hydrogens is 654 g/mol. The Labute approximate surface area is 308 Å². The van der Waals surface area contributed by atoms with Gasteiger partial charge in [-0.05, 0) is 107 Å². The Hall–Kier alpha value is -5.16. The van der Waals surface area contributed by atoms with Gasteiger partial charge in [0.25, 0.3) is 5.91 Å². The molecule has 2 amide bonds. The maximum absolute atomic E-state index is 13.8. The van der Waals surface area contributed by atoms with Gasteiger partial charge in [0.15, 0.2) is 11.5 Å². The van der Waals surface area contributed by atoms with E-state index in [2.05, 4.69) is 61.7 Å². The number of carbonyl (C=O) groups excluding carboxylic acids is 2. The average molecular weight is 708 g/mol. The monoisotopic (exact) mass is 707 g/mol. The number of nitrogens with zero attached hydrogens (tertiary/aromatic N) is 4. The van der Waals surface area contributed by atoms with E-state index >= 15 is 0 Å². The summed E-state index contributed by atoms with van der Waals surface area (Å²) in [6.07, 6.45) is 3.24. The number of ether oxygens (including phenoxy) is 2. The molecule has 52 heavy (non-hydrogen) atoms. The summed E-state index contributed by atoms with van der Waals surface area (Å²) in [5.74, 6) is 0.768. The van der Waals surface area contributed by atoms with Crippen molar-refractivity contribution in [2.75, 3.05) is 48.8 Å². The first-order chi connectivity index (χ1) is 24.9. The molecule has 0 bridgehead atoms. The summed E-state index contributed by atoms with van der Waals surface area (Å²) in [4.78, 5) is 40.3. The van der Waals surface area contributed by atoms with Gasteiger partial charge in [0.05, 0.1) is 7.11 Å². The molecule has 276 valence electrons. The topological polar surface area (TPSA) is 121 Å². The first-order valence-electron chi connectivity index (χ1n) is 18.2. The van der Waals surface area contributed by atoms with Crippen molar-refractivity contribution in [3.63, 3.8) is 0 Å². The first-order valence-corrected chi connectivity index (χ1v) is 18.2. The van der Waals surface area contributed by atoms with Crippen LogP contribution in [0.5, 0.6) is 17.4 Å². The standard InChI is InChI=1S/C41H53N7O4/c1-9-30(7)43-37(49)17-11-31-10-16-35(36(24-31)51-8)52-40-34(39(50)45-38-28(5)22-27(4)23-29(38)6)25-42-41(46-40)44-32-12-14-33(15-13-32)48-20-18-47(19-21-48)26(2)3/h10,12-16,22-26,30H,9,11,17-21H2,1-8H3,(H,43,49)(H,45,50)(H,42,44,46)/t30-/m1/s1. The molecule has 11 heteroatoms. The third-order valence-corrected chi connectivity index (χ3v) is 9.54. The smallest absolute Gasteiger partial charge is 0.262 e. The van der Waals surface area contributed by atoms with Crippen molar-refractivity contribution in [2.45, 2.75) is 79.8 Å². The number of hydrogen-bond donors (Lipinski definition) is 3. The van der Waals surface area contributed by atoms with Gasteiger partial charge in [-0.1, -0.05) is 30.7 Å². The highest BCUT2D eigenvalue weighted by molar-refractivity contribution is 6.06. The van der Waals surface area contributed by atoms with Gasteiger partial charge in [-0.2, -0.15) is 4.98 Å². The summed E-state index contributed by atoms with van der Waals surface area (Å²) < 4.78 is 12.1.